The molecule has 0 amide bonds. The minimum atomic E-state index is 0.135. The number of nitrogens with one attached hydrogen (secondary N) is 1. The molecule has 3 heterocycles. The Morgan fingerprint density at radius 3 is 2.68 bits per heavy atom. The van der Waals surface area contributed by atoms with Gasteiger partial charge in [0.05, 0.1) is 11.7 Å². The summed E-state index contributed by atoms with van der Waals surface area (Å²) in [5.74, 6) is 0.959. The lowest BCUT2D eigenvalue weighted by Crippen LogP contribution is -2.39. The first kappa shape index (κ1) is 16.6. The lowest BCUT2D eigenvalue weighted by molar-refractivity contribution is 0.213. The number of aromatic nitrogens is 1. The van der Waals surface area contributed by atoms with Crippen LogP contribution in [-0.2, 0) is 6.61 Å². The van der Waals surface area contributed by atoms with Gasteiger partial charge < -0.3 is 10.1 Å². The summed E-state index contributed by atoms with van der Waals surface area (Å²) in [4.78, 5) is 7.17. The number of benzene rings is 1. The lowest BCUT2D eigenvalue weighted by atomic mass is 9.97. The number of nitrogens with zero attached hydrogens (tertiary/aromatic N) is 2. The Morgan fingerprint density at radius 2 is 1.84 bits per heavy atom. The topological polar surface area (TPSA) is 37.4 Å². The Hall–Kier alpha value is -1.91. The quantitative estimate of drug-likeness (QED) is 0.926. The van der Waals surface area contributed by atoms with E-state index in [0.717, 1.165) is 24.5 Å². The third kappa shape index (κ3) is 3.29. The van der Waals surface area contributed by atoms with Crippen molar-refractivity contribution in [3.63, 3.8) is 0 Å². The van der Waals surface area contributed by atoms with Gasteiger partial charge in [-0.05, 0) is 44.4 Å². The molecule has 2 aliphatic heterocycles. The fourth-order valence-corrected chi connectivity index (χ4v) is 4.25. The molecule has 0 bridgehead atoms. The number of hydrogen-bond donors (Lipinski definition) is 1. The Labute approximate surface area is 150 Å². The van der Waals surface area contributed by atoms with Crippen molar-refractivity contribution in [3.05, 3.63) is 59.4 Å². The van der Waals surface area contributed by atoms with Gasteiger partial charge in [-0.25, -0.2) is 0 Å². The molecule has 4 nitrogen and oxygen atoms in total. The lowest BCUT2D eigenvalue weighted by Gasteiger charge is -2.27. The zero-order valence-electron chi connectivity index (χ0n) is 15.1. The molecule has 2 aromatic rings. The zero-order chi connectivity index (χ0) is 17.2. The Balaban J connectivity index is 1.55. The molecule has 25 heavy (non-hydrogen) atoms. The van der Waals surface area contributed by atoms with Crippen molar-refractivity contribution < 1.29 is 4.74 Å². The summed E-state index contributed by atoms with van der Waals surface area (Å²) < 4.78 is 6.01. The highest BCUT2D eigenvalue weighted by Crippen LogP contribution is 2.34. The maximum absolute atomic E-state index is 6.01. The number of rotatable bonds is 4. The molecule has 4 heteroatoms. The third-order valence-corrected chi connectivity index (χ3v) is 5.68. The van der Waals surface area contributed by atoms with Gasteiger partial charge in [-0.1, -0.05) is 24.3 Å². The SMILES string of the molecule is CC1CC[C@H](C)N1CCNC1c2ccccc2OCc2ncccc21. The molecule has 1 aromatic heterocycles. The predicted molar refractivity (Wildman–Crippen MR) is 99.7 cm³/mol. The third-order valence-electron chi connectivity index (χ3n) is 5.68. The van der Waals surface area contributed by atoms with Crippen molar-refractivity contribution in [2.45, 2.75) is 51.4 Å². The standard InChI is InChI=1S/C21H27N3O/c1-15-9-10-16(2)24(15)13-12-23-21-17-7-5-11-22-19(17)14-25-20-8-4-3-6-18(20)21/h3-8,11,15-16,21,23H,9-10,12-14H2,1-2H3/t15-,16?,21?/m0/s1. The number of likely N-dealkylation sites (tertiary alicyclic amines) is 1. The molecular formula is C21H27N3O. The van der Waals surface area contributed by atoms with Crippen LogP contribution in [0.25, 0.3) is 0 Å². The van der Waals surface area contributed by atoms with Crippen molar-refractivity contribution >= 4 is 0 Å². The van der Waals surface area contributed by atoms with E-state index in [-0.39, 0.29) is 6.04 Å². The van der Waals surface area contributed by atoms with E-state index >= 15 is 0 Å². The number of ether oxygens (including phenoxy) is 1. The highest BCUT2D eigenvalue weighted by molar-refractivity contribution is 5.44. The molecule has 1 saturated heterocycles. The highest BCUT2D eigenvalue weighted by Gasteiger charge is 2.28. The van der Waals surface area contributed by atoms with Crippen LogP contribution in [0.1, 0.15) is 49.6 Å². The molecule has 3 atom stereocenters. The van der Waals surface area contributed by atoms with Crippen molar-refractivity contribution in [2.24, 2.45) is 0 Å². The van der Waals surface area contributed by atoms with E-state index in [9.17, 15) is 0 Å². The summed E-state index contributed by atoms with van der Waals surface area (Å²) in [7, 11) is 0. The second kappa shape index (κ2) is 7.14. The van der Waals surface area contributed by atoms with E-state index in [1.165, 1.54) is 24.0 Å². The number of fused-ring (bicyclic) bond motifs is 2. The molecule has 2 aliphatic rings. The summed E-state index contributed by atoms with van der Waals surface area (Å²) in [5.41, 5.74) is 3.46. The van der Waals surface area contributed by atoms with Gasteiger partial charge in [0.15, 0.2) is 0 Å². The first-order valence-corrected chi connectivity index (χ1v) is 9.38. The van der Waals surface area contributed by atoms with Gasteiger partial charge in [0.1, 0.15) is 12.4 Å². The molecule has 1 aromatic carbocycles. The second-order valence-electron chi connectivity index (χ2n) is 7.27. The monoisotopic (exact) mass is 337 g/mol. The van der Waals surface area contributed by atoms with Crippen LogP contribution < -0.4 is 10.1 Å². The van der Waals surface area contributed by atoms with Crippen LogP contribution >= 0.6 is 0 Å². The Morgan fingerprint density at radius 1 is 1.08 bits per heavy atom. The molecule has 0 spiro atoms. The van der Waals surface area contributed by atoms with Crippen molar-refractivity contribution in [2.75, 3.05) is 13.1 Å². The molecule has 1 fully saturated rings. The fourth-order valence-electron chi connectivity index (χ4n) is 4.25. The van der Waals surface area contributed by atoms with Gasteiger partial charge in [-0.15, -0.1) is 0 Å². The van der Waals surface area contributed by atoms with Crippen LogP contribution in [0, 0.1) is 0 Å². The van der Waals surface area contributed by atoms with Crippen LogP contribution in [0.5, 0.6) is 5.75 Å². The van der Waals surface area contributed by atoms with Crippen LogP contribution in [0.2, 0.25) is 0 Å². The molecule has 0 aliphatic carbocycles. The predicted octanol–water partition coefficient (Wildman–Crippen LogP) is 3.53. The van der Waals surface area contributed by atoms with Crippen LogP contribution in [-0.4, -0.2) is 35.1 Å². The molecular weight excluding hydrogens is 310 g/mol. The number of pyridine rings is 1. The van der Waals surface area contributed by atoms with Crippen LogP contribution in [0.4, 0.5) is 0 Å². The Kier molecular flexibility index (Phi) is 4.73. The number of para-hydroxylation sites is 1. The van der Waals surface area contributed by atoms with Crippen molar-refractivity contribution in [1.29, 1.82) is 0 Å². The molecule has 0 radical (unpaired) electrons. The van der Waals surface area contributed by atoms with Gasteiger partial charge in [-0.3, -0.25) is 9.88 Å². The van der Waals surface area contributed by atoms with Gasteiger partial charge >= 0.3 is 0 Å². The van der Waals surface area contributed by atoms with E-state index in [0.29, 0.717) is 18.7 Å². The van der Waals surface area contributed by atoms with E-state index in [4.69, 9.17) is 4.74 Å². The van der Waals surface area contributed by atoms with E-state index in [2.05, 4.69) is 53.3 Å². The van der Waals surface area contributed by atoms with Gasteiger partial charge in [-0.2, -0.15) is 0 Å². The molecule has 1 N–H and O–H groups in total. The summed E-state index contributed by atoms with van der Waals surface area (Å²) >= 11 is 0. The van der Waals surface area contributed by atoms with E-state index < -0.39 is 0 Å². The van der Waals surface area contributed by atoms with Gasteiger partial charge in [0, 0.05) is 36.9 Å². The first-order chi connectivity index (χ1) is 12.2. The van der Waals surface area contributed by atoms with Crippen LogP contribution in [0.15, 0.2) is 42.6 Å². The maximum Gasteiger partial charge on any atom is 0.131 e. The zero-order valence-corrected chi connectivity index (χ0v) is 15.1. The average molecular weight is 337 g/mol. The maximum atomic E-state index is 6.01. The van der Waals surface area contributed by atoms with Crippen molar-refractivity contribution in [1.82, 2.24) is 15.2 Å². The second-order valence-corrected chi connectivity index (χ2v) is 7.27. The minimum absolute atomic E-state index is 0.135. The fraction of sp³-hybridized carbons (Fsp3) is 0.476. The normalized spacial score (nSPS) is 25.8. The molecule has 2 unspecified atom stereocenters. The summed E-state index contributed by atoms with van der Waals surface area (Å²) in [6.45, 7) is 7.26. The van der Waals surface area contributed by atoms with Crippen LogP contribution in [0.3, 0.4) is 0 Å². The summed E-state index contributed by atoms with van der Waals surface area (Å²) in [6, 6.07) is 14.0. The first-order valence-electron chi connectivity index (χ1n) is 9.38. The average Bonchev–Trinajstić information content (AvgIpc) is 2.87. The molecule has 132 valence electrons. The summed E-state index contributed by atoms with van der Waals surface area (Å²) in [5, 5.41) is 3.78. The van der Waals surface area contributed by atoms with E-state index in [1.807, 2.05) is 18.3 Å². The van der Waals surface area contributed by atoms with Crippen molar-refractivity contribution in [3.8, 4) is 5.75 Å². The van der Waals surface area contributed by atoms with E-state index in [1.54, 1.807) is 0 Å². The minimum Gasteiger partial charge on any atom is -0.487 e. The van der Waals surface area contributed by atoms with Gasteiger partial charge in [0.2, 0.25) is 0 Å². The number of hydrogen-bond acceptors (Lipinski definition) is 4. The smallest absolute Gasteiger partial charge is 0.131 e. The molecule has 0 saturated carbocycles. The molecule has 4 rings (SSSR count). The summed E-state index contributed by atoms with van der Waals surface area (Å²) in [6.07, 6.45) is 4.48. The Bertz CT molecular complexity index is 675. The van der Waals surface area contributed by atoms with Gasteiger partial charge in [0.25, 0.3) is 0 Å². The largest absolute Gasteiger partial charge is 0.487 e. The highest BCUT2D eigenvalue weighted by atomic mass is 16.5.